The molecule has 2 rings (SSSR count). The highest BCUT2D eigenvalue weighted by Gasteiger charge is 2.36. The van der Waals surface area contributed by atoms with Gasteiger partial charge in [-0.3, -0.25) is 9.69 Å². The number of carbonyl (C=O) groups is 1. The zero-order chi connectivity index (χ0) is 17.4. The van der Waals surface area contributed by atoms with Crippen LogP contribution in [0.25, 0.3) is 0 Å². The predicted octanol–water partition coefficient (Wildman–Crippen LogP) is 3.09. The molecule has 7 heteroatoms. The lowest BCUT2D eigenvalue weighted by atomic mass is 9.71. The van der Waals surface area contributed by atoms with E-state index in [2.05, 4.69) is 16.7 Å². The van der Waals surface area contributed by atoms with E-state index in [0.29, 0.717) is 24.9 Å². The van der Waals surface area contributed by atoms with E-state index in [1.165, 1.54) is 19.3 Å². The van der Waals surface area contributed by atoms with Crippen LogP contribution in [0.2, 0.25) is 0 Å². The number of halogens is 2. The van der Waals surface area contributed by atoms with Crippen molar-refractivity contribution in [2.75, 3.05) is 45.9 Å². The molecule has 1 saturated heterocycles. The first-order chi connectivity index (χ1) is 11.6. The third-order valence-corrected chi connectivity index (χ3v) is 6.03. The van der Waals surface area contributed by atoms with Gasteiger partial charge in [-0.05, 0) is 38.1 Å². The van der Waals surface area contributed by atoms with Crippen molar-refractivity contribution in [2.45, 2.75) is 64.8 Å². The van der Waals surface area contributed by atoms with Crippen LogP contribution in [0.3, 0.4) is 0 Å². The van der Waals surface area contributed by atoms with Crippen molar-refractivity contribution in [3.63, 3.8) is 0 Å². The predicted molar refractivity (Wildman–Crippen MR) is 112 cm³/mol. The molecule has 2 aliphatic rings. The molecule has 0 aromatic carbocycles. The Balaban J connectivity index is 0.00000312. The summed E-state index contributed by atoms with van der Waals surface area (Å²) in [6.45, 7) is 10.1. The number of hydrogen-bond donors (Lipinski definition) is 1. The van der Waals surface area contributed by atoms with Crippen molar-refractivity contribution in [1.29, 1.82) is 0 Å². The minimum absolute atomic E-state index is 0. The number of hydrogen-bond acceptors (Lipinski definition) is 4. The normalized spacial score (nSPS) is 23.0. The zero-order valence-electron chi connectivity index (χ0n) is 16.6. The van der Waals surface area contributed by atoms with Crippen molar-refractivity contribution >= 4 is 30.7 Å². The first kappa shape index (κ1) is 25.9. The standard InChI is InChI=1S/C19H37N3O2.2ClH/c1-3-17-15-22(11-10-21(17)12-13-24-4-2)18(23)14-19(16-20)8-6-5-7-9-19;;/h17H,3-16,20H2,1-2H3;2*1H. The summed E-state index contributed by atoms with van der Waals surface area (Å²) in [6.07, 6.45) is 7.74. The zero-order valence-corrected chi connectivity index (χ0v) is 18.2. The van der Waals surface area contributed by atoms with Crippen LogP contribution in [0.4, 0.5) is 0 Å². The molecule has 2 fully saturated rings. The number of ether oxygens (including phenoxy) is 1. The molecule has 1 amide bonds. The van der Waals surface area contributed by atoms with Crippen molar-refractivity contribution in [3.8, 4) is 0 Å². The van der Waals surface area contributed by atoms with E-state index in [1.807, 2.05) is 6.92 Å². The van der Waals surface area contributed by atoms with Gasteiger partial charge in [0.15, 0.2) is 0 Å². The van der Waals surface area contributed by atoms with Crippen molar-refractivity contribution in [2.24, 2.45) is 11.1 Å². The molecular formula is C19H39Cl2N3O2. The Hall–Kier alpha value is -0.0700. The first-order valence-corrected chi connectivity index (χ1v) is 9.93. The minimum atomic E-state index is 0. The van der Waals surface area contributed by atoms with E-state index in [4.69, 9.17) is 10.5 Å². The highest BCUT2D eigenvalue weighted by Crippen LogP contribution is 2.39. The summed E-state index contributed by atoms with van der Waals surface area (Å²) in [5, 5.41) is 0. The molecule has 1 unspecified atom stereocenters. The second kappa shape index (κ2) is 13.2. The van der Waals surface area contributed by atoms with E-state index in [9.17, 15) is 4.79 Å². The van der Waals surface area contributed by atoms with E-state index in [0.717, 1.165) is 58.7 Å². The molecule has 1 heterocycles. The molecule has 1 atom stereocenters. The number of nitrogens with two attached hydrogens (primary N) is 1. The van der Waals surface area contributed by atoms with Crippen molar-refractivity contribution in [3.05, 3.63) is 0 Å². The second-order valence-corrected chi connectivity index (χ2v) is 7.58. The van der Waals surface area contributed by atoms with Gasteiger partial charge in [-0.1, -0.05) is 26.2 Å². The van der Waals surface area contributed by atoms with E-state index < -0.39 is 0 Å². The van der Waals surface area contributed by atoms with Gasteiger partial charge in [-0.15, -0.1) is 24.8 Å². The second-order valence-electron chi connectivity index (χ2n) is 7.58. The van der Waals surface area contributed by atoms with Gasteiger partial charge in [0.2, 0.25) is 5.91 Å². The molecular weight excluding hydrogens is 373 g/mol. The maximum absolute atomic E-state index is 12.9. The Kier molecular flexibility index (Phi) is 13.1. The number of amides is 1. The first-order valence-electron chi connectivity index (χ1n) is 9.93. The van der Waals surface area contributed by atoms with Gasteiger partial charge in [-0.25, -0.2) is 0 Å². The van der Waals surface area contributed by atoms with E-state index >= 15 is 0 Å². The Bertz CT molecular complexity index is 393. The van der Waals surface area contributed by atoms with Gasteiger partial charge in [0, 0.05) is 45.2 Å². The number of nitrogens with zero attached hydrogens (tertiary/aromatic N) is 2. The quantitative estimate of drug-likeness (QED) is 0.623. The summed E-state index contributed by atoms with van der Waals surface area (Å²) < 4.78 is 5.50. The molecule has 0 bridgehead atoms. The largest absolute Gasteiger partial charge is 0.380 e. The molecule has 1 aliphatic carbocycles. The van der Waals surface area contributed by atoms with Gasteiger partial charge in [0.05, 0.1) is 6.61 Å². The molecule has 156 valence electrons. The smallest absolute Gasteiger partial charge is 0.223 e. The average molecular weight is 412 g/mol. The minimum Gasteiger partial charge on any atom is -0.380 e. The van der Waals surface area contributed by atoms with Crippen LogP contribution in [0.5, 0.6) is 0 Å². The van der Waals surface area contributed by atoms with Crippen LogP contribution >= 0.6 is 24.8 Å². The lowest BCUT2D eigenvalue weighted by Crippen LogP contribution is -2.56. The molecule has 26 heavy (non-hydrogen) atoms. The van der Waals surface area contributed by atoms with E-state index in [-0.39, 0.29) is 30.2 Å². The fourth-order valence-electron chi connectivity index (χ4n) is 4.31. The monoisotopic (exact) mass is 411 g/mol. The fourth-order valence-corrected chi connectivity index (χ4v) is 4.31. The van der Waals surface area contributed by atoms with Crippen LogP contribution < -0.4 is 5.73 Å². The molecule has 0 aromatic rings. The summed E-state index contributed by atoms with van der Waals surface area (Å²) in [4.78, 5) is 17.5. The third kappa shape index (κ3) is 7.16. The van der Waals surface area contributed by atoms with Crippen molar-refractivity contribution < 1.29 is 9.53 Å². The lowest BCUT2D eigenvalue weighted by Gasteiger charge is -2.43. The maximum Gasteiger partial charge on any atom is 0.223 e. The highest BCUT2D eigenvalue weighted by molar-refractivity contribution is 5.85. The van der Waals surface area contributed by atoms with Crippen LogP contribution in [-0.4, -0.2) is 67.7 Å². The molecule has 1 aliphatic heterocycles. The highest BCUT2D eigenvalue weighted by atomic mass is 35.5. The maximum atomic E-state index is 12.9. The molecule has 0 aromatic heterocycles. The van der Waals surface area contributed by atoms with E-state index in [1.54, 1.807) is 0 Å². The Morgan fingerprint density at radius 1 is 1.15 bits per heavy atom. The SMILES string of the molecule is CCOCCN1CCN(C(=O)CC2(CN)CCCCC2)CC1CC.Cl.Cl. The molecule has 0 spiro atoms. The Morgan fingerprint density at radius 3 is 2.42 bits per heavy atom. The van der Waals surface area contributed by atoms with Crippen LogP contribution in [-0.2, 0) is 9.53 Å². The fraction of sp³-hybridized carbons (Fsp3) is 0.947. The molecule has 5 nitrogen and oxygen atoms in total. The van der Waals surface area contributed by atoms with Crippen LogP contribution in [0, 0.1) is 5.41 Å². The summed E-state index contributed by atoms with van der Waals surface area (Å²) in [5.74, 6) is 0.324. The Morgan fingerprint density at radius 2 is 1.85 bits per heavy atom. The van der Waals surface area contributed by atoms with Crippen LogP contribution in [0.15, 0.2) is 0 Å². The lowest BCUT2D eigenvalue weighted by molar-refractivity contribution is -0.137. The topological polar surface area (TPSA) is 58.8 Å². The number of rotatable bonds is 8. The van der Waals surface area contributed by atoms with Crippen molar-refractivity contribution in [1.82, 2.24) is 9.80 Å². The average Bonchev–Trinajstić information content (AvgIpc) is 2.62. The van der Waals surface area contributed by atoms with Gasteiger partial charge < -0.3 is 15.4 Å². The van der Waals surface area contributed by atoms with Gasteiger partial charge in [0.1, 0.15) is 0 Å². The summed E-state index contributed by atoms with van der Waals surface area (Å²) >= 11 is 0. The van der Waals surface area contributed by atoms with Gasteiger partial charge >= 0.3 is 0 Å². The summed E-state index contributed by atoms with van der Waals surface area (Å²) in [6, 6.07) is 0.461. The summed E-state index contributed by atoms with van der Waals surface area (Å²) in [7, 11) is 0. The molecule has 1 saturated carbocycles. The number of piperazine rings is 1. The Labute approximate surface area is 172 Å². The third-order valence-electron chi connectivity index (χ3n) is 6.03. The summed E-state index contributed by atoms with van der Waals surface area (Å²) in [5.41, 5.74) is 6.14. The number of carbonyl (C=O) groups excluding carboxylic acids is 1. The molecule has 0 radical (unpaired) electrons. The van der Waals surface area contributed by atoms with Gasteiger partial charge in [0.25, 0.3) is 0 Å². The van der Waals surface area contributed by atoms with Gasteiger partial charge in [-0.2, -0.15) is 0 Å². The molecule has 2 N–H and O–H groups in total. The van der Waals surface area contributed by atoms with Crippen LogP contribution in [0.1, 0.15) is 58.8 Å².